The van der Waals surface area contributed by atoms with E-state index in [1.54, 1.807) is 18.2 Å². The van der Waals surface area contributed by atoms with Crippen molar-refractivity contribution >= 4 is 43.4 Å². The van der Waals surface area contributed by atoms with Crippen LogP contribution in [-0.4, -0.2) is 23.7 Å². The van der Waals surface area contributed by atoms with Gasteiger partial charge in [-0.25, -0.2) is 0 Å². The molecule has 0 atom stereocenters. The van der Waals surface area contributed by atoms with E-state index in [-0.39, 0.29) is 5.91 Å². The Morgan fingerprint density at radius 1 is 1.17 bits per heavy atom. The molecule has 0 radical (unpaired) electrons. The first kappa shape index (κ1) is 15.4. The summed E-state index contributed by atoms with van der Waals surface area (Å²) in [6.45, 7) is 1.01. The molecule has 1 aliphatic rings. The predicted octanol–water partition coefficient (Wildman–Crippen LogP) is 3.51. The monoisotopic (exact) mass is 404 g/mol. The largest absolute Gasteiger partial charge is 0.486 e. The molecular weight excluding hydrogens is 392 g/mol. The molecule has 0 saturated carbocycles. The number of benzene rings is 2. The molecule has 7 heteroatoms. The van der Waals surface area contributed by atoms with Crippen molar-refractivity contribution < 1.29 is 14.3 Å². The van der Waals surface area contributed by atoms with Crippen molar-refractivity contribution in [3.63, 3.8) is 0 Å². The van der Waals surface area contributed by atoms with Crippen molar-refractivity contribution in [2.45, 2.75) is 0 Å². The van der Waals surface area contributed by atoms with Crippen LogP contribution in [0.25, 0.3) is 10.2 Å². The number of thiazole rings is 1. The number of carbonyl (C=O) groups is 1. The first-order valence-electron chi connectivity index (χ1n) is 7.35. The lowest BCUT2D eigenvalue weighted by Crippen LogP contribution is -2.16. The summed E-state index contributed by atoms with van der Waals surface area (Å²) in [6, 6.07) is 11.1. The third-order valence-corrected chi connectivity index (χ3v) is 5.35. The van der Waals surface area contributed by atoms with Gasteiger partial charge in [-0.05, 0) is 36.4 Å². The summed E-state index contributed by atoms with van der Waals surface area (Å²) in [5.41, 5.74) is 1.52. The van der Waals surface area contributed by atoms with Crippen molar-refractivity contribution in [3.8, 4) is 11.5 Å². The molecule has 0 saturated heterocycles. The van der Waals surface area contributed by atoms with E-state index in [0.717, 1.165) is 14.7 Å². The van der Waals surface area contributed by atoms with E-state index in [1.165, 1.54) is 11.3 Å². The zero-order chi connectivity index (χ0) is 16.7. The second-order valence-corrected chi connectivity index (χ2v) is 7.26. The summed E-state index contributed by atoms with van der Waals surface area (Å²) in [7, 11) is 1.91. The predicted molar refractivity (Wildman–Crippen MR) is 95.8 cm³/mol. The second kappa shape index (κ2) is 6.07. The minimum Gasteiger partial charge on any atom is -0.486 e. The molecule has 5 nitrogen and oxygen atoms in total. The number of fused-ring (bicyclic) bond motifs is 2. The van der Waals surface area contributed by atoms with Gasteiger partial charge in [0.15, 0.2) is 16.3 Å². The highest BCUT2D eigenvalue weighted by atomic mass is 79.9. The first-order valence-corrected chi connectivity index (χ1v) is 8.96. The van der Waals surface area contributed by atoms with E-state index < -0.39 is 0 Å². The van der Waals surface area contributed by atoms with Gasteiger partial charge in [0, 0.05) is 17.1 Å². The zero-order valence-corrected chi connectivity index (χ0v) is 15.2. The van der Waals surface area contributed by atoms with Gasteiger partial charge in [-0.3, -0.25) is 4.79 Å². The normalized spacial score (nSPS) is 14.2. The van der Waals surface area contributed by atoms with Gasteiger partial charge >= 0.3 is 0 Å². The van der Waals surface area contributed by atoms with Crippen molar-refractivity contribution in [3.05, 3.63) is 51.2 Å². The van der Waals surface area contributed by atoms with Gasteiger partial charge in [-0.2, -0.15) is 4.99 Å². The standard InChI is InChI=1S/C17H13BrN2O3S/c1-20-12-4-3-11(18)9-15(12)24-17(20)19-16(21)10-2-5-13-14(8-10)23-7-6-22-13/h2-5,8-9H,6-7H2,1H3. The quantitative estimate of drug-likeness (QED) is 0.623. The summed E-state index contributed by atoms with van der Waals surface area (Å²) >= 11 is 4.94. The Labute approximate surface area is 150 Å². The SMILES string of the molecule is Cn1c(=NC(=O)c2ccc3c(c2)OCCO3)sc2cc(Br)ccc21. The van der Waals surface area contributed by atoms with Crippen LogP contribution in [0, 0.1) is 0 Å². The highest BCUT2D eigenvalue weighted by Crippen LogP contribution is 2.31. The number of hydrogen-bond donors (Lipinski definition) is 0. The van der Waals surface area contributed by atoms with Crippen molar-refractivity contribution in [1.82, 2.24) is 4.57 Å². The number of rotatable bonds is 1. The molecule has 1 aliphatic heterocycles. The van der Waals surface area contributed by atoms with Crippen LogP contribution in [0.2, 0.25) is 0 Å². The second-order valence-electron chi connectivity index (χ2n) is 5.33. The third-order valence-electron chi connectivity index (χ3n) is 3.76. The van der Waals surface area contributed by atoms with E-state index in [1.807, 2.05) is 29.8 Å². The molecule has 0 aliphatic carbocycles. The lowest BCUT2D eigenvalue weighted by molar-refractivity contribution is 0.0996. The van der Waals surface area contributed by atoms with Crippen molar-refractivity contribution in [2.75, 3.05) is 13.2 Å². The minimum absolute atomic E-state index is 0.298. The van der Waals surface area contributed by atoms with Crippen molar-refractivity contribution in [2.24, 2.45) is 12.0 Å². The molecule has 1 aromatic heterocycles. The molecule has 1 amide bonds. The van der Waals surface area contributed by atoms with E-state index in [9.17, 15) is 4.79 Å². The maximum absolute atomic E-state index is 12.5. The molecule has 2 heterocycles. The molecule has 3 aromatic rings. The fourth-order valence-corrected chi connectivity index (χ4v) is 4.11. The molecule has 0 bridgehead atoms. The number of aryl methyl sites for hydroxylation is 1. The zero-order valence-electron chi connectivity index (χ0n) is 12.8. The molecule has 0 N–H and O–H groups in total. The minimum atomic E-state index is -0.298. The first-order chi connectivity index (χ1) is 11.6. The van der Waals surface area contributed by atoms with Crippen LogP contribution in [0.3, 0.4) is 0 Å². The molecule has 24 heavy (non-hydrogen) atoms. The third kappa shape index (κ3) is 2.74. The Hall–Kier alpha value is -2.12. The maximum atomic E-state index is 12.5. The number of nitrogens with zero attached hydrogens (tertiary/aromatic N) is 2. The van der Waals surface area contributed by atoms with E-state index >= 15 is 0 Å². The molecule has 122 valence electrons. The molecule has 0 fully saturated rings. The maximum Gasteiger partial charge on any atom is 0.279 e. The lowest BCUT2D eigenvalue weighted by atomic mass is 10.2. The average molecular weight is 405 g/mol. The van der Waals surface area contributed by atoms with Gasteiger partial charge in [-0.15, -0.1) is 0 Å². The van der Waals surface area contributed by atoms with E-state index in [2.05, 4.69) is 20.9 Å². The number of halogens is 1. The summed E-state index contributed by atoms with van der Waals surface area (Å²) in [6.07, 6.45) is 0. The van der Waals surface area contributed by atoms with Crippen LogP contribution >= 0.6 is 27.3 Å². The van der Waals surface area contributed by atoms with E-state index in [0.29, 0.717) is 35.1 Å². The molecule has 2 aromatic carbocycles. The lowest BCUT2D eigenvalue weighted by Gasteiger charge is -2.18. The van der Waals surface area contributed by atoms with Crippen LogP contribution < -0.4 is 14.3 Å². The van der Waals surface area contributed by atoms with Gasteiger partial charge in [0.25, 0.3) is 5.91 Å². The summed E-state index contributed by atoms with van der Waals surface area (Å²) < 4.78 is 15.0. The van der Waals surface area contributed by atoms with Crippen LogP contribution in [0.15, 0.2) is 45.9 Å². The van der Waals surface area contributed by atoms with Gasteiger partial charge in [0.05, 0.1) is 10.2 Å². The van der Waals surface area contributed by atoms with Gasteiger partial charge in [0.1, 0.15) is 13.2 Å². The summed E-state index contributed by atoms with van der Waals surface area (Å²) in [5, 5.41) is 0. The Balaban J connectivity index is 1.75. The van der Waals surface area contributed by atoms with E-state index in [4.69, 9.17) is 9.47 Å². The molecule has 0 unspecified atom stereocenters. The summed E-state index contributed by atoms with van der Waals surface area (Å²) in [5.74, 6) is 0.954. The number of carbonyl (C=O) groups excluding carboxylic acids is 1. The molecular formula is C17H13BrN2O3S. The smallest absolute Gasteiger partial charge is 0.279 e. The van der Waals surface area contributed by atoms with Gasteiger partial charge in [-0.1, -0.05) is 27.3 Å². The number of hydrogen-bond acceptors (Lipinski definition) is 4. The molecule has 4 rings (SSSR count). The molecule has 0 spiro atoms. The Morgan fingerprint density at radius 3 is 2.79 bits per heavy atom. The van der Waals surface area contributed by atoms with Crippen LogP contribution in [0.5, 0.6) is 11.5 Å². The number of amides is 1. The van der Waals surface area contributed by atoms with Gasteiger partial charge < -0.3 is 14.0 Å². The highest BCUT2D eigenvalue weighted by molar-refractivity contribution is 9.10. The Kier molecular flexibility index (Phi) is 3.90. The van der Waals surface area contributed by atoms with Gasteiger partial charge in [0.2, 0.25) is 0 Å². The Morgan fingerprint density at radius 2 is 1.96 bits per heavy atom. The highest BCUT2D eigenvalue weighted by Gasteiger charge is 2.15. The fourth-order valence-electron chi connectivity index (χ4n) is 2.54. The van der Waals surface area contributed by atoms with Crippen LogP contribution in [0.4, 0.5) is 0 Å². The average Bonchev–Trinajstić information content (AvgIpc) is 2.89. The number of aromatic nitrogens is 1. The Bertz CT molecular complexity index is 1020. The van der Waals surface area contributed by atoms with Crippen LogP contribution in [-0.2, 0) is 7.05 Å². The topological polar surface area (TPSA) is 52.8 Å². The number of ether oxygens (including phenoxy) is 2. The fraction of sp³-hybridized carbons (Fsp3) is 0.176. The van der Waals surface area contributed by atoms with Crippen LogP contribution in [0.1, 0.15) is 10.4 Å². The van der Waals surface area contributed by atoms with Crippen molar-refractivity contribution in [1.29, 1.82) is 0 Å². The summed E-state index contributed by atoms with van der Waals surface area (Å²) in [4.78, 5) is 17.4.